The number of cyclic esters (lactones) is 3. The molecule has 1 saturated carbocycles. The molecule has 0 aromatic heterocycles. The minimum atomic E-state index is -0.819. The standard InChI is InChI=1S/C14H12O6/c15-8-5-19-11(16)7(8)4-14-2-1-6(3-14)9-10(14)13(18)20-12(9)17/h1-2,6-7,9-10H,3-5H2. The number of hydrogen-bond acceptors (Lipinski definition) is 6. The topological polar surface area (TPSA) is 86.7 Å². The SMILES string of the molecule is O=C1COC(=O)C1CC12C=CC(C1)C1C(=O)OC(=O)C12. The summed E-state index contributed by atoms with van der Waals surface area (Å²) in [6.07, 6.45) is 4.66. The zero-order valence-electron chi connectivity index (χ0n) is 10.5. The Kier molecular flexibility index (Phi) is 2.10. The van der Waals surface area contributed by atoms with E-state index in [9.17, 15) is 19.2 Å². The van der Waals surface area contributed by atoms with Crippen LogP contribution in [0.4, 0.5) is 0 Å². The fourth-order valence-corrected chi connectivity index (χ4v) is 4.23. The Labute approximate surface area is 114 Å². The Balaban J connectivity index is 1.69. The highest BCUT2D eigenvalue weighted by molar-refractivity contribution is 6.05. The van der Waals surface area contributed by atoms with Gasteiger partial charge in [-0.3, -0.25) is 19.2 Å². The first-order valence-electron chi connectivity index (χ1n) is 6.66. The summed E-state index contributed by atoms with van der Waals surface area (Å²) in [6.45, 7) is -0.190. The van der Waals surface area contributed by atoms with Crippen LogP contribution in [0.1, 0.15) is 12.8 Å². The molecule has 2 heterocycles. The highest BCUT2D eigenvalue weighted by atomic mass is 16.6. The Bertz CT molecular complexity index is 574. The summed E-state index contributed by atoms with van der Waals surface area (Å²) >= 11 is 0. The monoisotopic (exact) mass is 276 g/mol. The van der Waals surface area contributed by atoms with E-state index in [0.717, 1.165) is 0 Å². The first kappa shape index (κ1) is 11.8. The van der Waals surface area contributed by atoms with Gasteiger partial charge in [0.05, 0.1) is 11.8 Å². The van der Waals surface area contributed by atoms with Crippen LogP contribution in [0.2, 0.25) is 0 Å². The van der Waals surface area contributed by atoms with Crippen molar-refractivity contribution in [2.24, 2.45) is 29.1 Å². The molecule has 0 N–H and O–H groups in total. The molecule has 0 amide bonds. The van der Waals surface area contributed by atoms with Crippen molar-refractivity contribution < 1.29 is 28.7 Å². The van der Waals surface area contributed by atoms with Crippen LogP contribution in [0.15, 0.2) is 12.2 Å². The molecule has 104 valence electrons. The summed E-state index contributed by atoms with van der Waals surface area (Å²) in [7, 11) is 0. The van der Waals surface area contributed by atoms with Crippen molar-refractivity contribution in [2.75, 3.05) is 6.61 Å². The number of hydrogen-bond donors (Lipinski definition) is 0. The predicted molar refractivity (Wildman–Crippen MR) is 61.8 cm³/mol. The lowest BCUT2D eigenvalue weighted by Crippen LogP contribution is -2.35. The van der Waals surface area contributed by atoms with E-state index >= 15 is 0 Å². The summed E-state index contributed by atoms with van der Waals surface area (Å²) in [5, 5.41) is 0. The molecule has 2 bridgehead atoms. The number of allylic oxidation sites excluding steroid dienone is 2. The van der Waals surface area contributed by atoms with E-state index in [0.29, 0.717) is 6.42 Å². The Morgan fingerprint density at radius 1 is 1.15 bits per heavy atom. The fraction of sp³-hybridized carbons (Fsp3) is 0.571. The van der Waals surface area contributed by atoms with Crippen LogP contribution in [-0.4, -0.2) is 30.3 Å². The largest absolute Gasteiger partial charge is 0.457 e. The van der Waals surface area contributed by atoms with E-state index in [4.69, 9.17) is 9.47 Å². The smallest absolute Gasteiger partial charge is 0.318 e. The van der Waals surface area contributed by atoms with Crippen molar-refractivity contribution in [3.63, 3.8) is 0 Å². The predicted octanol–water partition coefficient (Wildman–Crippen LogP) is 0.0105. The van der Waals surface area contributed by atoms with E-state index in [-0.39, 0.29) is 24.7 Å². The third-order valence-corrected chi connectivity index (χ3v) is 5.07. The first-order chi connectivity index (χ1) is 9.52. The molecule has 5 unspecified atom stereocenters. The quantitative estimate of drug-likeness (QED) is 0.401. The second-order valence-electron chi connectivity index (χ2n) is 6.03. The van der Waals surface area contributed by atoms with Crippen LogP contribution in [0.25, 0.3) is 0 Å². The Hall–Kier alpha value is -1.98. The first-order valence-corrected chi connectivity index (χ1v) is 6.66. The lowest BCUT2D eigenvalue weighted by molar-refractivity contribution is -0.156. The van der Waals surface area contributed by atoms with Gasteiger partial charge in [0.25, 0.3) is 0 Å². The van der Waals surface area contributed by atoms with E-state index in [1.807, 2.05) is 12.2 Å². The maximum atomic E-state index is 11.9. The van der Waals surface area contributed by atoms with E-state index < -0.39 is 41.1 Å². The summed E-state index contributed by atoms with van der Waals surface area (Å²) < 4.78 is 9.49. The molecular formula is C14H12O6. The molecule has 2 aliphatic heterocycles. The number of ether oxygens (including phenoxy) is 2. The van der Waals surface area contributed by atoms with Crippen LogP contribution in [0.5, 0.6) is 0 Å². The minimum Gasteiger partial charge on any atom is -0.457 e. The van der Waals surface area contributed by atoms with Crippen molar-refractivity contribution in [2.45, 2.75) is 12.8 Å². The van der Waals surface area contributed by atoms with Gasteiger partial charge in [-0.25, -0.2) is 0 Å². The van der Waals surface area contributed by atoms with Gasteiger partial charge in [-0.15, -0.1) is 0 Å². The summed E-state index contributed by atoms with van der Waals surface area (Å²) in [4.78, 5) is 47.0. The van der Waals surface area contributed by atoms with Gasteiger partial charge in [-0.2, -0.15) is 0 Å². The molecule has 6 nitrogen and oxygen atoms in total. The maximum absolute atomic E-state index is 11.9. The third kappa shape index (κ3) is 1.29. The molecule has 4 aliphatic rings. The van der Waals surface area contributed by atoms with Gasteiger partial charge in [0.1, 0.15) is 5.92 Å². The number of carbonyl (C=O) groups is 4. The number of esters is 3. The summed E-state index contributed by atoms with van der Waals surface area (Å²) in [5.74, 6) is -3.61. The zero-order valence-corrected chi connectivity index (χ0v) is 10.5. The summed E-state index contributed by atoms with van der Waals surface area (Å²) in [5.41, 5.74) is -0.609. The minimum absolute atomic E-state index is 0.0218. The van der Waals surface area contributed by atoms with Crippen molar-refractivity contribution in [1.29, 1.82) is 0 Å². The van der Waals surface area contributed by atoms with Crippen LogP contribution >= 0.6 is 0 Å². The number of rotatable bonds is 2. The molecular weight excluding hydrogens is 264 g/mol. The molecule has 4 rings (SSSR count). The van der Waals surface area contributed by atoms with Crippen LogP contribution < -0.4 is 0 Å². The lowest BCUT2D eigenvalue weighted by atomic mass is 9.69. The average Bonchev–Trinajstić information content (AvgIpc) is 3.10. The van der Waals surface area contributed by atoms with Gasteiger partial charge in [-0.05, 0) is 18.8 Å². The zero-order chi connectivity index (χ0) is 14.1. The Morgan fingerprint density at radius 2 is 1.95 bits per heavy atom. The van der Waals surface area contributed by atoms with E-state index in [1.54, 1.807) is 0 Å². The highest BCUT2D eigenvalue weighted by Crippen LogP contribution is 2.62. The van der Waals surface area contributed by atoms with Crippen LogP contribution in [0.3, 0.4) is 0 Å². The molecule has 0 spiro atoms. The van der Waals surface area contributed by atoms with Crippen molar-refractivity contribution in [3.05, 3.63) is 12.2 Å². The average molecular weight is 276 g/mol. The molecule has 2 saturated heterocycles. The Morgan fingerprint density at radius 3 is 2.65 bits per heavy atom. The normalized spacial score (nSPS) is 45.0. The molecule has 3 fully saturated rings. The second-order valence-corrected chi connectivity index (χ2v) is 6.03. The summed E-state index contributed by atoms with van der Waals surface area (Å²) in [6, 6.07) is 0. The van der Waals surface area contributed by atoms with E-state index in [1.165, 1.54) is 0 Å². The van der Waals surface area contributed by atoms with Crippen LogP contribution in [0, 0.1) is 29.1 Å². The number of ketones is 1. The molecule has 0 aromatic carbocycles. The third-order valence-electron chi connectivity index (χ3n) is 5.07. The fourth-order valence-electron chi connectivity index (χ4n) is 4.23. The van der Waals surface area contributed by atoms with Gasteiger partial charge < -0.3 is 9.47 Å². The number of fused-ring (bicyclic) bond motifs is 5. The molecule has 6 heteroatoms. The molecule has 2 aliphatic carbocycles. The lowest BCUT2D eigenvalue weighted by Gasteiger charge is -2.30. The number of Topliss-reactive ketones (excluding diaryl/α,β-unsaturated/α-hetero) is 1. The molecule has 5 atom stereocenters. The van der Waals surface area contributed by atoms with Gasteiger partial charge in [0.2, 0.25) is 0 Å². The second kappa shape index (κ2) is 3.56. The van der Waals surface area contributed by atoms with Gasteiger partial charge >= 0.3 is 17.9 Å². The van der Waals surface area contributed by atoms with E-state index in [2.05, 4.69) is 0 Å². The maximum Gasteiger partial charge on any atom is 0.318 e. The van der Waals surface area contributed by atoms with Crippen molar-refractivity contribution in [3.8, 4) is 0 Å². The van der Waals surface area contributed by atoms with Crippen molar-refractivity contribution in [1.82, 2.24) is 0 Å². The van der Waals surface area contributed by atoms with Gasteiger partial charge in [0, 0.05) is 5.41 Å². The molecule has 0 aromatic rings. The highest BCUT2D eigenvalue weighted by Gasteiger charge is 2.66. The number of carbonyl (C=O) groups excluding carboxylic acids is 4. The van der Waals surface area contributed by atoms with Crippen LogP contribution in [-0.2, 0) is 28.7 Å². The molecule has 0 radical (unpaired) electrons. The van der Waals surface area contributed by atoms with Crippen molar-refractivity contribution >= 4 is 23.7 Å². The molecule has 20 heavy (non-hydrogen) atoms. The van der Waals surface area contributed by atoms with Gasteiger partial charge in [0.15, 0.2) is 12.4 Å². The van der Waals surface area contributed by atoms with Gasteiger partial charge in [-0.1, -0.05) is 12.2 Å².